The van der Waals surface area contributed by atoms with Crippen molar-refractivity contribution in [3.05, 3.63) is 34.6 Å². The molecule has 4 heteroatoms. The van der Waals surface area contributed by atoms with Gasteiger partial charge in [-0.15, -0.1) is 0 Å². The van der Waals surface area contributed by atoms with Crippen LogP contribution in [0.1, 0.15) is 54.8 Å². The van der Waals surface area contributed by atoms with Gasteiger partial charge in [0.25, 0.3) is 0 Å². The lowest BCUT2D eigenvalue weighted by atomic mass is 9.80. The molecule has 0 bridgehead atoms. The van der Waals surface area contributed by atoms with Gasteiger partial charge in [0, 0.05) is 12.7 Å². The van der Waals surface area contributed by atoms with Crippen LogP contribution in [0.5, 0.6) is 0 Å². The van der Waals surface area contributed by atoms with Gasteiger partial charge >= 0.3 is 0 Å². The fraction of sp³-hybridized carbons (Fsp3) is 0.647. The molecule has 1 aliphatic rings. The summed E-state index contributed by atoms with van der Waals surface area (Å²) in [5.74, 6) is 6.00. The second-order valence-electron chi connectivity index (χ2n) is 6.22. The van der Waals surface area contributed by atoms with E-state index in [2.05, 4.69) is 5.43 Å². The third-order valence-electron chi connectivity index (χ3n) is 4.69. The molecule has 1 aromatic rings. The SMILES string of the molecule is COC(C1CCCCC1)C(NN)c1c(C)cc(C)cc1F. The molecule has 0 aliphatic heterocycles. The van der Waals surface area contributed by atoms with E-state index in [1.54, 1.807) is 13.2 Å². The third kappa shape index (κ3) is 3.62. The number of ether oxygens (including phenoxy) is 1. The molecule has 0 spiro atoms. The van der Waals surface area contributed by atoms with E-state index in [-0.39, 0.29) is 18.0 Å². The van der Waals surface area contributed by atoms with Crippen molar-refractivity contribution in [2.24, 2.45) is 11.8 Å². The Balaban J connectivity index is 2.32. The number of hydrazine groups is 1. The summed E-state index contributed by atoms with van der Waals surface area (Å²) in [4.78, 5) is 0. The maximum Gasteiger partial charge on any atom is 0.128 e. The van der Waals surface area contributed by atoms with E-state index in [1.165, 1.54) is 19.3 Å². The first-order valence-corrected chi connectivity index (χ1v) is 7.84. The highest BCUT2D eigenvalue weighted by molar-refractivity contribution is 5.35. The number of nitrogens with two attached hydrogens (primary N) is 1. The molecule has 118 valence electrons. The Morgan fingerprint density at radius 1 is 1.24 bits per heavy atom. The maximum absolute atomic E-state index is 14.5. The van der Waals surface area contributed by atoms with E-state index in [1.807, 2.05) is 19.9 Å². The van der Waals surface area contributed by atoms with Crippen molar-refractivity contribution in [3.63, 3.8) is 0 Å². The van der Waals surface area contributed by atoms with E-state index < -0.39 is 0 Å². The predicted octanol–water partition coefficient (Wildman–Crippen LogP) is 3.54. The van der Waals surface area contributed by atoms with E-state index in [4.69, 9.17) is 10.6 Å². The molecule has 2 rings (SSSR count). The van der Waals surface area contributed by atoms with Crippen molar-refractivity contribution < 1.29 is 9.13 Å². The largest absolute Gasteiger partial charge is 0.379 e. The minimum atomic E-state index is -0.307. The van der Waals surface area contributed by atoms with Crippen molar-refractivity contribution in [2.45, 2.75) is 58.1 Å². The van der Waals surface area contributed by atoms with Gasteiger partial charge in [-0.05, 0) is 49.8 Å². The molecular weight excluding hydrogens is 267 g/mol. The van der Waals surface area contributed by atoms with Crippen LogP contribution in [0.3, 0.4) is 0 Å². The first-order chi connectivity index (χ1) is 10.1. The van der Waals surface area contributed by atoms with Gasteiger partial charge < -0.3 is 4.74 Å². The number of hydrogen-bond acceptors (Lipinski definition) is 3. The van der Waals surface area contributed by atoms with Crippen LogP contribution < -0.4 is 11.3 Å². The monoisotopic (exact) mass is 294 g/mol. The summed E-state index contributed by atoms with van der Waals surface area (Å²) in [6.45, 7) is 3.84. The molecule has 21 heavy (non-hydrogen) atoms. The summed E-state index contributed by atoms with van der Waals surface area (Å²) in [6, 6.07) is 3.26. The number of benzene rings is 1. The van der Waals surface area contributed by atoms with E-state index in [0.29, 0.717) is 11.5 Å². The van der Waals surface area contributed by atoms with Crippen LogP contribution in [0.4, 0.5) is 4.39 Å². The number of rotatable bonds is 5. The Morgan fingerprint density at radius 2 is 1.90 bits per heavy atom. The van der Waals surface area contributed by atoms with Gasteiger partial charge in [-0.1, -0.05) is 25.3 Å². The van der Waals surface area contributed by atoms with Gasteiger partial charge in [0.05, 0.1) is 12.1 Å². The summed E-state index contributed by atoms with van der Waals surface area (Å²) in [6.07, 6.45) is 5.89. The minimum absolute atomic E-state index is 0.0915. The fourth-order valence-corrected chi connectivity index (χ4v) is 3.73. The van der Waals surface area contributed by atoms with E-state index in [0.717, 1.165) is 24.0 Å². The number of aryl methyl sites for hydroxylation is 2. The van der Waals surface area contributed by atoms with Crippen molar-refractivity contribution in [3.8, 4) is 0 Å². The van der Waals surface area contributed by atoms with Gasteiger partial charge in [0.2, 0.25) is 0 Å². The summed E-state index contributed by atoms with van der Waals surface area (Å²) < 4.78 is 20.2. The fourth-order valence-electron chi connectivity index (χ4n) is 3.73. The smallest absolute Gasteiger partial charge is 0.128 e. The lowest BCUT2D eigenvalue weighted by Crippen LogP contribution is -2.43. The van der Waals surface area contributed by atoms with Gasteiger partial charge in [0.15, 0.2) is 0 Å². The number of nitrogens with one attached hydrogen (secondary N) is 1. The van der Waals surface area contributed by atoms with Crippen LogP contribution in [0.25, 0.3) is 0 Å². The van der Waals surface area contributed by atoms with Crippen molar-refractivity contribution in [1.29, 1.82) is 0 Å². The first kappa shape index (κ1) is 16.4. The highest BCUT2D eigenvalue weighted by Crippen LogP contribution is 2.35. The third-order valence-corrected chi connectivity index (χ3v) is 4.69. The maximum atomic E-state index is 14.5. The van der Waals surface area contributed by atoms with Gasteiger partial charge in [-0.25, -0.2) is 4.39 Å². The molecule has 0 aromatic heterocycles. The quantitative estimate of drug-likeness (QED) is 0.645. The van der Waals surface area contributed by atoms with Crippen LogP contribution in [0, 0.1) is 25.6 Å². The number of methoxy groups -OCH3 is 1. The first-order valence-electron chi connectivity index (χ1n) is 7.84. The summed E-state index contributed by atoms with van der Waals surface area (Å²) in [7, 11) is 1.70. The van der Waals surface area contributed by atoms with Crippen LogP contribution in [0.15, 0.2) is 12.1 Å². The Bertz CT molecular complexity index is 449. The highest BCUT2D eigenvalue weighted by Gasteiger charge is 2.33. The summed E-state index contributed by atoms with van der Waals surface area (Å²) >= 11 is 0. The Hall–Kier alpha value is -0.970. The van der Waals surface area contributed by atoms with E-state index >= 15 is 0 Å². The molecular formula is C17H27FN2O. The molecule has 0 heterocycles. The molecule has 0 amide bonds. The molecule has 3 nitrogen and oxygen atoms in total. The Kier molecular flexibility index (Phi) is 5.73. The number of hydrogen-bond donors (Lipinski definition) is 2. The minimum Gasteiger partial charge on any atom is -0.379 e. The molecule has 2 atom stereocenters. The molecule has 1 fully saturated rings. The second kappa shape index (κ2) is 7.34. The summed E-state index contributed by atoms with van der Waals surface area (Å²) in [5, 5.41) is 0. The molecule has 0 radical (unpaired) electrons. The lowest BCUT2D eigenvalue weighted by molar-refractivity contribution is 0.00648. The zero-order valence-corrected chi connectivity index (χ0v) is 13.3. The summed E-state index contributed by atoms with van der Waals surface area (Å²) in [5.41, 5.74) is 5.29. The van der Waals surface area contributed by atoms with Gasteiger partial charge in [0.1, 0.15) is 5.82 Å². The molecule has 3 N–H and O–H groups in total. The standard InChI is InChI=1S/C17H27FN2O/c1-11-9-12(2)15(14(18)10-11)16(20-19)17(21-3)13-7-5-4-6-8-13/h9-10,13,16-17,20H,4-8,19H2,1-3H3. The average molecular weight is 294 g/mol. The Morgan fingerprint density at radius 3 is 2.43 bits per heavy atom. The predicted molar refractivity (Wildman–Crippen MR) is 83.3 cm³/mol. The molecule has 0 saturated heterocycles. The molecule has 1 aromatic carbocycles. The number of halogens is 1. The molecule has 2 unspecified atom stereocenters. The Labute approximate surface area is 127 Å². The van der Waals surface area contributed by atoms with Crippen LogP contribution in [-0.2, 0) is 4.74 Å². The average Bonchev–Trinajstić information content (AvgIpc) is 2.46. The molecule has 1 aliphatic carbocycles. The van der Waals surface area contributed by atoms with Gasteiger partial charge in [-0.3, -0.25) is 11.3 Å². The van der Waals surface area contributed by atoms with E-state index in [9.17, 15) is 4.39 Å². The zero-order chi connectivity index (χ0) is 15.4. The zero-order valence-electron chi connectivity index (χ0n) is 13.3. The highest BCUT2D eigenvalue weighted by atomic mass is 19.1. The second-order valence-corrected chi connectivity index (χ2v) is 6.22. The lowest BCUT2D eigenvalue weighted by Gasteiger charge is -2.35. The van der Waals surface area contributed by atoms with Crippen molar-refractivity contribution >= 4 is 0 Å². The van der Waals surface area contributed by atoms with Crippen molar-refractivity contribution in [1.82, 2.24) is 5.43 Å². The van der Waals surface area contributed by atoms with Crippen LogP contribution >= 0.6 is 0 Å². The normalized spacial score (nSPS) is 19.5. The topological polar surface area (TPSA) is 47.3 Å². The van der Waals surface area contributed by atoms with Crippen LogP contribution in [0.2, 0.25) is 0 Å². The molecule has 1 saturated carbocycles. The van der Waals surface area contributed by atoms with Crippen molar-refractivity contribution in [2.75, 3.05) is 7.11 Å². The van der Waals surface area contributed by atoms with Crippen LogP contribution in [-0.4, -0.2) is 13.2 Å². The van der Waals surface area contributed by atoms with Gasteiger partial charge in [-0.2, -0.15) is 0 Å².